The highest BCUT2D eigenvalue weighted by atomic mass is 16.2. The first-order valence-corrected chi connectivity index (χ1v) is 9.42. The van der Waals surface area contributed by atoms with Crippen LogP contribution >= 0.6 is 0 Å². The molecule has 0 bridgehead atoms. The van der Waals surface area contributed by atoms with Crippen LogP contribution in [0.3, 0.4) is 0 Å². The van der Waals surface area contributed by atoms with E-state index in [9.17, 15) is 9.59 Å². The molecule has 1 atom stereocenters. The Hall–Kier alpha value is -3.42. The van der Waals surface area contributed by atoms with Crippen LogP contribution in [0.1, 0.15) is 15.9 Å². The highest BCUT2D eigenvalue weighted by molar-refractivity contribution is 6.00. The summed E-state index contributed by atoms with van der Waals surface area (Å²) in [5, 5.41) is 7.44. The van der Waals surface area contributed by atoms with Crippen molar-refractivity contribution in [3.63, 3.8) is 0 Å². The molecule has 2 amide bonds. The topological polar surface area (TPSA) is 82.8 Å². The molecule has 2 aliphatic heterocycles. The number of anilines is 1. The predicted molar refractivity (Wildman–Crippen MR) is 103 cm³/mol. The van der Waals surface area contributed by atoms with Crippen molar-refractivity contribution in [1.29, 1.82) is 0 Å². The molecule has 0 aliphatic carbocycles. The van der Waals surface area contributed by atoms with Crippen molar-refractivity contribution in [3.05, 3.63) is 59.9 Å². The number of imidazole rings is 1. The maximum absolute atomic E-state index is 13.0. The van der Waals surface area contributed by atoms with Gasteiger partial charge in [-0.15, -0.1) is 5.10 Å². The van der Waals surface area contributed by atoms with Gasteiger partial charge in [0, 0.05) is 50.6 Å². The lowest BCUT2D eigenvalue weighted by Crippen LogP contribution is -2.57. The van der Waals surface area contributed by atoms with E-state index < -0.39 is 6.04 Å². The molecule has 8 nitrogen and oxygen atoms in total. The van der Waals surface area contributed by atoms with Crippen molar-refractivity contribution in [1.82, 2.24) is 24.8 Å². The summed E-state index contributed by atoms with van der Waals surface area (Å²) in [5.74, 6) is 0.690. The van der Waals surface area contributed by atoms with Gasteiger partial charge in [-0.05, 0) is 23.8 Å². The molecule has 0 radical (unpaired) electrons. The number of rotatable bonds is 2. The molecule has 1 fully saturated rings. The van der Waals surface area contributed by atoms with Crippen LogP contribution in [-0.2, 0) is 11.2 Å². The molecule has 1 N–H and O–H groups in total. The molecule has 1 aromatic carbocycles. The average Bonchev–Trinajstić information content (AvgIpc) is 3.21. The number of aromatic nitrogens is 3. The zero-order valence-electron chi connectivity index (χ0n) is 15.3. The van der Waals surface area contributed by atoms with Crippen molar-refractivity contribution < 1.29 is 9.59 Å². The normalized spacial score (nSPS) is 19.4. The molecule has 5 rings (SSSR count). The molecule has 2 aromatic heterocycles. The van der Waals surface area contributed by atoms with E-state index in [2.05, 4.69) is 20.3 Å². The fourth-order valence-corrected chi connectivity index (χ4v) is 3.93. The minimum Gasteiger partial charge on any atom is -0.352 e. The van der Waals surface area contributed by atoms with Gasteiger partial charge in [0.05, 0.1) is 0 Å². The molecule has 1 unspecified atom stereocenters. The molecule has 0 spiro atoms. The monoisotopic (exact) mass is 376 g/mol. The number of nitrogens with one attached hydrogen (secondary N) is 1. The van der Waals surface area contributed by atoms with Crippen molar-refractivity contribution >= 4 is 23.3 Å². The van der Waals surface area contributed by atoms with Crippen LogP contribution in [0, 0.1) is 0 Å². The molecule has 142 valence electrons. The number of piperazine rings is 1. The molecular weight excluding hydrogens is 356 g/mol. The minimum atomic E-state index is -0.491. The van der Waals surface area contributed by atoms with Crippen LogP contribution < -0.4 is 10.2 Å². The van der Waals surface area contributed by atoms with Crippen LogP contribution in [0.2, 0.25) is 0 Å². The van der Waals surface area contributed by atoms with Crippen LogP contribution in [-0.4, -0.2) is 63.5 Å². The van der Waals surface area contributed by atoms with E-state index >= 15 is 0 Å². The number of nitrogens with zero attached hydrogens (tertiary/aromatic N) is 5. The van der Waals surface area contributed by atoms with Gasteiger partial charge in [-0.1, -0.05) is 18.2 Å². The minimum absolute atomic E-state index is 0.0134. The van der Waals surface area contributed by atoms with E-state index in [0.29, 0.717) is 38.2 Å². The van der Waals surface area contributed by atoms with Gasteiger partial charge >= 0.3 is 0 Å². The zero-order chi connectivity index (χ0) is 19.1. The van der Waals surface area contributed by atoms with Gasteiger partial charge in [-0.2, -0.15) is 0 Å². The van der Waals surface area contributed by atoms with Gasteiger partial charge in [-0.3, -0.25) is 9.59 Å². The third-order valence-corrected chi connectivity index (χ3v) is 5.45. The number of carbonyl (C=O) groups is 2. The first-order chi connectivity index (χ1) is 13.7. The van der Waals surface area contributed by atoms with Gasteiger partial charge in [0.2, 0.25) is 5.91 Å². The first-order valence-electron chi connectivity index (χ1n) is 9.42. The molecule has 3 aromatic rings. The van der Waals surface area contributed by atoms with Crippen LogP contribution in [0.25, 0.3) is 5.65 Å². The number of fused-ring (bicyclic) bond motifs is 2. The second-order valence-electron chi connectivity index (χ2n) is 7.12. The van der Waals surface area contributed by atoms with Gasteiger partial charge in [0.1, 0.15) is 11.9 Å². The van der Waals surface area contributed by atoms with E-state index in [1.165, 1.54) is 0 Å². The second-order valence-corrected chi connectivity index (χ2v) is 7.12. The first kappa shape index (κ1) is 16.7. The predicted octanol–water partition coefficient (Wildman–Crippen LogP) is 0.733. The Morgan fingerprint density at radius 1 is 1.07 bits per heavy atom. The quantitative estimate of drug-likeness (QED) is 0.713. The Labute approximate surface area is 161 Å². The number of benzene rings is 1. The van der Waals surface area contributed by atoms with E-state index in [1.807, 2.05) is 41.4 Å². The number of carbonyl (C=O) groups excluding carboxylic acids is 2. The van der Waals surface area contributed by atoms with Crippen molar-refractivity contribution in [3.8, 4) is 0 Å². The maximum Gasteiger partial charge on any atom is 0.252 e. The Bertz CT molecular complexity index is 1050. The third kappa shape index (κ3) is 2.87. The fourth-order valence-electron chi connectivity index (χ4n) is 3.93. The van der Waals surface area contributed by atoms with E-state index in [1.54, 1.807) is 16.8 Å². The van der Waals surface area contributed by atoms with Gasteiger partial charge in [0.15, 0.2) is 5.65 Å². The lowest BCUT2D eigenvalue weighted by molar-refractivity contribution is -0.133. The Morgan fingerprint density at radius 2 is 1.89 bits per heavy atom. The van der Waals surface area contributed by atoms with Crippen LogP contribution in [0.4, 0.5) is 5.82 Å². The van der Waals surface area contributed by atoms with E-state index in [0.717, 1.165) is 17.0 Å². The Balaban J connectivity index is 1.25. The molecule has 0 saturated carbocycles. The largest absolute Gasteiger partial charge is 0.352 e. The van der Waals surface area contributed by atoms with Gasteiger partial charge < -0.3 is 15.1 Å². The summed E-state index contributed by atoms with van der Waals surface area (Å²) in [7, 11) is 0. The summed E-state index contributed by atoms with van der Waals surface area (Å²) >= 11 is 0. The SMILES string of the molecule is O=C1NC(C(=O)N2CCN(c3ccc4nccn4n3)CC2)Cc2ccccc21. The lowest BCUT2D eigenvalue weighted by Gasteiger charge is -2.37. The molecule has 28 heavy (non-hydrogen) atoms. The van der Waals surface area contributed by atoms with Gasteiger partial charge in [-0.25, -0.2) is 9.50 Å². The summed E-state index contributed by atoms with van der Waals surface area (Å²) in [6.07, 6.45) is 4.08. The summed E-state index contributed by atoms with van der Waals surface area (Å²) in [6.45, 7) is 2.62. The summed E-state index contributed by atoms with van der Waals surface area (Å²) in [5.41, 5.74) is 2.41. The molecule has 4 heterocycles. The van der Waals surface area contributed by atoms with E-state index in [-0.39, 0.29) is 11.8 Å². The van der Waals surface area contributed by atoms with Crippen molar-refractivity contribution in [2.45, 2.75) is 12.5 Å². The summed E-state index contributed by atoms with van der Waals surface area (Å²) < 4.78 is 1.75. The Kier molecular flexibility index (Phi) is 3.96. The maximum atomic E-state index is 13.0. The summed E-state index contributed by atoms with van der Waals surface area (Å²) in [4.78, 5) is 33.5. The number of hydrogen-bond donors (Lipinski definition) is 1. The van der Waals surface area contributed by atoms with Crippen LogP contribution in [0.5, 0.6) is 0 Å². The standard InChI is InChI=1S/C20H20N6O2/c27-19-15-4-2-1-3-14(15)13-16(22-19)20(28)25-11-9-24(10-12-25)18-6-5-17-21-7-8-26(17)23-18/h1-8,16H,9-13H2,(H,22,27). The average molecular weight is 376 g/mol. The Morgan fingerprint density at radius 3 is 2.75 bits per heavy atom. The van der Waals surface area contributed by atoms with Crippen molar-refractivity contribution in [2.24, 2.45) is 0 Å². The molecule has 8 heteroatoms. The van der Waals surface area contributed by atoms with E-state index in [4.69, 9.17) is 0 Å². The molecule has 2 aliphatic rings. The highest BCUT2D eigenvalue weighted by Crippen LogP contribution is 2.19. The molecular formula is C20H20N6O2. The van der Waals surface area contributed by atoms with Crippen LogP contribution in [0.15, 0.2) is 48.8 Å². The zero-order valence-corrected chi connectivity index (χ0v) is 15.3. The highest BCUT2D eigenvalue weighted by Gasteiger charge is 2.33. The second kappa shape index (κ2) is 6.63. The third-order valence-electron chi connectivity index (χ3n) is 5.45. The fraction of sp³-hybridized carbons (Fsp3) is 0.300. The molecule has 1 saturated heterocycles. The number of hydrogen-bond acceptors (Lipinski definition) is 5. The smallest absolute Gasteiger partial charge is 0.252 e. The summed E-state index contributed by atoms with van der Waals surface area (Å²) in [6, 6.07) is 10.9. The van der Waals surface area contributed by atoms with Gasteiger partial charge in [0.25, 0.3) is 5.91 Å². The number of amides is 2. The lowest BCUT2D eigenvalue weighted by atomic mass is 9.94. The van der Waals surface area contributed by atoms with Crippen molar-refractivity contribution in [2.75, 3.05) is 31.1 Å².